The van der Waals surface area contributed by atoms with Gasteiger partial charge < -0.3 is 15.2 Å². The molecule has 0 atom stereocenters. The number of phenols is 1. The summed E-state index contributed by atoms with van der Waals surface area (Å²) in [7, 11) is 0. The first-order valence-corrected chi connectivity index (χ1v) is 9.18. The Hall–Kier alpha value is -2.86. The fourth-order valence-electron chi connectivity index (χ4n) is 2.49. The molecule has 0 bridgehead atoms. The zero-order valence-electron chi connectivity index (χ0n) is 14.4. The summed E-state index contributed by atoms with van der Waals surface area (Å²) in [5.41, 5.74) is 2.40. The van der Waals surface area contributed by atoms with Crippen LogP contribution in [-0.2, 0) is 13.0 Å². The van der Waals surface area contributed by atoms with Crippen molar-refractivity contribution in [3.05, 3.63) is 75.7 Å². The van der Waals surface area contributed by atoms with Crippen LogP contribution in [0.15, 0.2) is 53.9 Å². The van der Waals surface area contributed by atoms with Crippen LogP contribution in [0.2, 0.25) is 0 Å². The number of phenolic OH excluding ortho intramolecular Hbond substituents is 1. The van der Waals surface area contributed by atoms with Crippen molar-refractivity contribution in [2.75, 3.05) is 6.54 Å². The molecule has 0 radical (unpaired) electrons. The van der Waals surface area contributed by atoms with E-state index in [1.807, 2.05) is 24.4 Å². The number of hydrogen-bond acceptors (Lipinski definition) is 5. The molecule has 0 saturated heterocycles. The van der Waals surface area contributed by atoms with E-state index in [4.69, 9.17) is 4.74 Å². The number of carbonyl (C=O) groups is 1. The van der Waals surface area contributed by atoms with E-state index >= 15 is 0 Å². The molecule has 0 saturated carbocycles. The van der Waals surface area contributed by atoms with E-state index in [9.17, 15) is 9.90 Å². The molecule has 5 nitrogen and oxygen atoms in total. The van der Waals surface area contributed by atoms with Gasteiger partial charge in [0.2, 0.25) is 0 Å². The minimum Gasteiger partial charge on any atom is -0.508 e. The lowest BCUT2D eigenvalue weighted by molar-refractivity contribution is 0.0953. The van der Waals surface area contributed by atoms with Crippen LogP contribution < -0.4 is 10.1 Å². The molecule has 3 aromatic rings. The Morgan fingerprint density at radius 3 is 2.85 bits per heavy atom. The molecule has 2 N–H and O–H groups in total. The number of aromatic hydroxyl groups is 1. The van der Waals surface area contributed by atoms with Crippen LogP contribution in [-0.4, -0.2) is 22.5 Å². The first-order chi connectivity index (χ1) is 12.6. The summed E-state index contributed by atoms with van der Waals surface area (Å²) in [6.07, 6.45) is 0.652. The second-order valence-electron chi connectivity index (χ2n) is 5.85. The number of ether oxygens (including phenoxy) is 1. The van der Waals surface area contributed by atoms with Crippen LogP contribution in [0.25, 0.3) is 0 Å². The van der Waals surface area contributed by atoms with Crippen LogP contribution in [0.3, 0.4) is 0 Å². The van der Waals surface area contributed by atoms with Gasteiger partial charge in [-0.05, 0) is 49.2 Å². The summed E-state index contributed by atoms with van der Waals surface area (Å²) in [4.78, 5) is 16.7. The third kappa shape index (κ3) is 5.07. The molecule has 0 aliphatic carbocycles. The molecule has 1 heterocycles. The highest BCUT2D eigenvalue weighted by atomic mass is 32.1. The van der Waals surface area contributed by atoms with Gasteiger partial charge in [-0.2, -0.15) is 0 Å². The van der Waals surface area contributed by atoms with Gasteiger partial charge in [-0.25, -0.2) is 4.98 Å². The summed E-state index contributed by atoms with van der Waals surface area (Å²) in [5, 5.41) is 15.3. The maximum atomic E-state index is 12.3. The average molecular weight is 368 g/mol. The smallest absolute Gasteiger partial charge is 0.251 e. The van der Waals surface area contributed by atoms with Crippen molar-refractivity contribution in [2.45, 2.75) is 20.0 Å². The fraction of sp³-hybridized carbons (Fsp3) is 0.200. The number of amides is 1. The Balaban J connectivity index is 1.52. The van der Waals surface area contributed by atoms with Crippen LogP contribution in [0, 0.1) is 6.92 Å². The number of aromatic nitrogens is 1. The number of nitrogens with one attached hydrogen (secondary N) is 1. The van der Waals surface area contributed by atoms with Gasteiger partial charge in [0.15, 0.2) is 0 Å². The number of aryl methyl sites for hydroxylation is 1. The molecular formula is C20H20N2O3S. The first-order valence-electron chi connectivity index (χ1n) is 8.30. The number of hydrogen-bond donors (Lipinski definition) is 2. The van der Waals surface area contributed by atoms with Gasteiger partial charge in [0.25, 0.3) is 5.91 Å². The highest BCUT2D eigenvalue weighted by Crippen LogP contribution is 2.16. The second-order valence-corrected chi connectivity index (χ2v) is 6.91. The molecule has 1 amide bonds. The Bertz CT molecular complexity index is 892. The van der Waals surface area contributed by atoms with Crippen molar-refractivity contribution in [3.8, 4) is 11.5 Å². The van der Waals surface area contributed by atoms with E-state index in [1.165, 1.54) is 0 Å². The molecule has 0 aliphatic rings. The summed E-state index contributed by atoms with van der Waals surface area (Å²) in [6.45, 7) is 2.83. The van der Waals surface area contributed by atoms with Gasteiger partial charge >= 0.3 is 0 Å². The van der Waals surface area contributed by atoms with E-state index in [-0.39, 0.29) is 11.7 Å². The topological polar surface area (TPSA) is 71.5 Å². The van der Waals surface area contributed by atoms with E-state index in [2.05, 4.69) is 10.3 Å². The highest BCUT2D eigenvalue weighted by Gasteiger charge is 2.07. The maximum Gasteiger partial charge on any atom is 0.251 e. The number of carbonyl (C=O) groups excluding carboxylic acids is 1. The Morgan fingerprint density at radius 1 is 1.23 bits per heavy atom. The highest BCUT2D eigenvalue weighted by molar-refractivity contribution is 7.09. The summed E-state index contributed by atoms with van der Waals surface area (Å²) < 4.78 is 5.72. The van der Waals surface area contributed by atoms with E-state index in [1.54, 1.807) is 47.7 Å². The predicted octanol–water partition coefficient (Wildman–Crippen LogP) is 3.71. The summed E-state index contributed by atoms with van der Waals surface area (Å²) in [6, 6.07) is 14.1. The number of thiazole rings is 1. The lowest BCUT2D eigenvalue weighted by atomic mass is 10.1. The van der Waals surface area contributed by atoms with E-state index in [0.29, 0.717) is 30.9 Å². The van der Waals surface area contributed by atoms with Crippen molar-refractivity contribution in [3.63, 3.8) is 0 Å². The van der Waals surface area contributed by atoms with Gasteiger partial charge in [-0.1, -0.05) is 18.2 Å². The Morgan fingerprint density at radius 2 is 2.08 bits per heavy atom. The van der Waals surface area contributed by atoms with Crippen molar-refractivity contribution in [1.29, 1.82) is 0 Å². The number of rotatable bonds is 7. The van der Waals surface area contributed by atoms with E-state index in [0.717, 1.165) is 16.3 Å². The van der Waals surface area contributed by atoms with Crippen molar-refractivity contribution >= 4 is 17.2 Å². The van der Waals surface area contributed by atoms with Crippen LogP contribution in [0.1, 0.15) is 26.6 Å². The van der Waals surface area contributed by atoms with Crippen molar-refractivity contribution < 1.29 is 14.6 Å². The summed E-state index contributed by atoms with van der Waals surface area (Å²) in [5.74, 6) is 0.713. The molecule has 0 spiro atoms. The molecule has 134 valence electrons. The molecule has 0 fully saturated rings. The fourth-order valence-corrected chi connectivity index (χ4v) is 3.09. The lowest BCUT2D eigenvalue weighted by Crippen LogP contribution is -2.25. The van der Waals surface area contributed by atoms with Gasteiger partial charge in [0.05, 0.1) is 10.7 Å². The predicted molar refractivity (Wildman–Crippen MR) is 102 cm³/mol. The monoisotopic (exact) mass is 368 g/mol. The second kappa shape index (κ2) is 8.49. The molecule has 1 aromatic heterocycles. The van der Waals surface area contributed by atoms with Crippen LogP contribution >= 0.6 is 11.3 Å². The normalized spacial score (nSPS) is 10.5. The van der Waals surface area contributed by atoms with Crippen molar-refractivity contribution in [1.82, 2.24) is 10.3 Å². The van der Waals surface area contributed by atoms with Gasteiger partial charge in [-0.15, -0.1) is 11.3 Å². The maximum absolute atomic E-state index is 12.3. The Labute approximate surface area is 156 Å². The standard InChI is InChI=1S/C20H20N2O3S/c1-14-22-17(13-26-14)12-25-19-7-3-5-16(11-19)20(24)21-9-8-15-4-2-6-18(23)10-15/h2-7,10-11,13,23H,8-9,12H2,1H3,(H,21,24). The average Bonchev–Trinajstić information content (AvgIpc) is 3.05. The van der Waals surface area contributed by atoms with Crippen LogP contribution in [0.5, 0.6) is 11.5 Å². The zero-order valence-corrected chi connectivity index (χ0v) is 15.3. The quantitative estimate of drug-likeness (QED) is 0.667. The third-order valence-electron chi connectivity index (χ3n) is 3.76. The van der Waals surface area contributed by atoms with Crippen LogP contribution in [0.4, 0.5) is 0 Å². The molecule has 26 heavy (non-hydrogen) atoms. The molecule has 0 unspecified atom stereocenters. The minimum atomic E-state index is -0.153. The third-order valence-corrected chi connectivity index (χ3v) is 4.58. The van der Waals surface area contributed by atoms with E-state index < -0.39 is 0 Å². The van der Waals surface area contributed by atoms with Gasteiger partial charge in [0.1, 0.15) is 18.1 Å². The molecule has 0 aliphatic heterocycles. The Kier molecular flexibility index (Phi) is 5.86. The SMILES string of the molecule is Cc1nc(COc2cccc(C(=O)NCCc3cccc(O)c3)c2)cs1. The number of nitrogens with zero attached hydrogens (tertiary/aromatic N) is 1. The molecule has 2 aromatic carbocycles. The summed E-state index contributed by atoms with van der Waals surface area (Å²) >= 11 is 1.58. The first kappa shape index (κ1) is 17.9. The van der Waals surface area contributed by atoms with Gasteiger partial charge in [-0.3, -0.25) is 4.79 Å². The molecule has 3 rings (SSSR count). The largest absolute Gasteiger partial charge is 0.508 e. The molecular weight excluding hydrogens is 348 g/mol. The lowest BCUT2D eigenvalue weighted by Gasteiger charge is -2.08. The zero-order chi connectivity index (χ0) is 18.4. The minimum absolute atomic E-state index is 0.153. The van der Waals surface area contributed by atoms with Gasteiger partial charge in [0, 0.05) is 17.5 Å². The van der Waals surface area contributed by atoms with Crippen molar-refractivity contribution in [2.24, 2.45) is 0 Å². The number of benzene rings is 2. The molecule has 6 heteroatoms.